The highest BCUT2D eigenvalue weighted by Crippen LogP contribution is 2.32. The van der Waals surface area contributed by atoms with E-state index in [1.807, 2.05) is 13.8 Å². The van der Waals surface area contributed by atoms with E-state index in [1.165, 1.54) is 12.0 Å². The van der Waals surface area contributed by atoms with E-state index in [9.17, 15) is 18.4 Å². The molecular formula is C23H24ClF2N3O5. The number of carbonyl (C=O) groups excluding carboxylic acids is 1. The Hall–Kier alpha value is -3.24. The predicted octanol–water partition coefficient (Wildman–Crippen LogP) is 4.67. The number of imidazole rings is 1. The van der Waals surface area contributed by atoms with Gasteiger partial charge in [0.05, 0.1) is 48.9 Å². The van der Waals surface area contributed by atoms with Gasteiger partial charge in [0.1, 0.15) is 17.3 Å². The Bertz CT molecular complexity index is 1190. The second-order valence-corrected chi connectivity index (χ2v) is 7.65. The molecule has 1 amide bonds. The number of halogens is 3. The van der Waals surface area contributed by atoms with Gasteiger partial charge in [-0.05, 0) is 18.2 Å². The summed E-state index contributed by atoms with van der Waals surface area (Å²) in [5, 5.41) is 9.46. The van der Waals surface area contributed by atoms with Gasteiger partial charge in [-0.1, -0.05) is 25.4 Å². The minimum Gasteiger partial charge on any atom is -0.478 e. The van der Waals surface area contributed by atoms with E-state index in [0.29, 0.717) is 22.9 Å². The van der Waals surface area contributed by atoms with E-state index in [0.717, 1.165) is 12.1 Å². The Labute approximate surface area is 199 Å². The van der Waals surface area contributed by atoms with Gasteiger partial charge in [0.15, 0.2) is 0 Å². The number of carboxylic acids is 1. The molecule has 34 heavy (non-hydrogen) atoms. The van der Waals surface area contributed by atoms with Gasteiger partial charge < -0.3 is 23.9 Å². The normalized spacial score (nSPS) is 15.6. The van der Waals surface area contributed by atoms with Gasteiger partial charge in [-0.25, -0.2) is 23.4 Å². The largest absolute Gasteiger partial charge is 0.478 e. The van der Waals surface area contributed by atoms with E-state index in [2.05, 4.69) is 4.98 Å². The molecule has 1 N–H and O–H groups in total. The topological polar surface area (TPSA) is 93.4 Å². The van der Waals surface area contributed by atoms with Crippen LogP contribution in [0.1, 0.15) is 29.9 Å². The highest BCUT2D eigenvalue weighted by molar-refractivity contribution is 6.30. The van der Waals surface area contributed by atoms with Gasteiger partial charge >= 0.3 is 12.1 Å². The third-order valence-electron chi connectivity index (χ3n) is 5.21. The number of aromatic carboxylic acids is 1. The number of aromatic nitrogens is 2. The molecule has 11 heteroatoms. The molecule has 1 fully saturated rings. The number of carbonyl (C=O) groups is 2. The maximum atomic E-state index is 14.9. The molecule has 0 bridgehead atoms. The first kappa shape index (κ1) is 25.4. The summed E-state index contributed by atoms with van der Waals surface area (Å²) >= 11 is 6.06. The average Bonchev–Trinajstić information content (AvgIpc) is 3.16. The smallest absolute Gasteiger partial charge is 0.409 e. The quantitative estimate of drug-likeness (QED) is 0.565. The number of nitrogens with zero attached hydrogens (tertiary/aromatic N) is 3. The zero-order chi connectivity index (χ0) is 25.0. The number of amides is 1. The van der Waals surface area contributed by atoms with Gasteiger partial charge in [-0.2, -0.15) is 0 Å². The van der Waals surface area contributed by atoms with Crippen molar-refractivity contribution in [1.82, 2.24) is 14.3 Å². The molecule has 0 saturated carbocycles. The molecule has 0 radical (unpaired) electrons. The molecule has 0 spiro atoms. The third kappa shape index (κ3) is 5.13. The van der Waals surface area contributed by atoms with Crippen molar-refractivity contribution in [2.45, 2.75) is 26.4 Å². The van der Waals surface area contributed by atoms with Crippen LogP contribution in [0, 0.1) is 11.6 Å². The van der Waals surface area contributed by atoms with Crippen molar-refractivity contribution >= 4 is 29.3 Å². The van der Waals surface area contributed by atoms with Crippen LogP contribution in [0.25, 0.3) is 16.9 Å². The summed E-state index contributed by atoms with van der Waals surface area (Å²) in [4.78, 5) is 28.9. The number of pyridine rings is 1. The Morgan fingerprint density at radius 2 is 1.94 bits per heavy atom. The SMILES string of the molecule is CC.COC(=O)N1CCOC(Cc2c(-c3c(F)cc(C(=O)O)cc3F)nc3cc(Cl)ccn23)C1. The first-order valence-electron chi connectivity index (χ1n) is 10.6. The number of carboxylic acid groups (broad SMARTS) is 1. The average molecular weight is 496 g/mol. The second-order valence-electron chi connectivity index (χ2n) is 7.21. The number of hydrogen-bond donors (Lipinski definition) is 1. The molecule has 1 aromatic carbocycles. The van der Waals surface area contributed by atoms with E-state index in [1.54, 1.807) is 22.7 Å². The van der Waals surface area contributed by atoms with Gasteiger partial charge in [0, 0.05) is 30.3 Å². The lowest BCUT2D eigenvalue weighted by atomic mass is 10.0. The van der Waals surface area contributed by atoms with Crippen LogP contribution in [0.5, 0.6) is 0 Å². The van der Waals surface area contributed by atoms with Gasteiger partial charge in [0.25, 0.3) is 0 Å². The van der Waals surface area contributed by atoms with Crippen LogP contribution in [0.4, 0.5) is 13.6 Å². The highest BCUT2D eigenvalue weighted by Gasteiger charge is 2.29. The van der Waals surface area contributed by atoms with E-state index >= 15 is 0 Å². The van der Waals surface area contributed by atoms with Crippen LogP contribution < -0.4 is 0 Å². The minimum absolute atomic E-state index is 0.00185. The summed E-state index contributed by atoms with van der Waals surface area (Å²) in [6.07, 6.45) is 0.809. The fourth-order valence-corrected chi connectivity index (χ4v) is 3.90. The molecule has 3 aromatic rings. The minimum atomic E-state index is -1.45. The molecule has 1 unspecified atom stereocenters. The summed E-state index contributed by atoms with van der Waals surface area (Å²) in [6, 6.07) is 4.64. The summed E-state index contributed by atoms with van der Waals surface area (Å²) < 4.78 is 41.9. The fraction of sp³-hybridized carbons (Fsp3) is 0.348. The maximum Gasteiger partial charge on any atom is 0.409 e. The summed E-state index contributed by atoms with van der Waals surface area (Å²) in [6.45, 7) is 4.85. The van der Waals surface area contributed by atoms with Crippen molar-refractivity contribution in [3.8, 4) is 11.3 Å². The summed E-state index contributed by atoms with van der Waals surface area (Å²) in [7, 11) is 1.28. The van der Waals surface area contributed by atoms with E-state index in [-0.39, 0.29) is 25.3 Å². The third-order valence-corrected chi connectivity index (χ3v) is 5.44. The lowest BCUT2D eigenvalue weighted by Crippen LogP contribution is -2.46. The molecule has 2 aromatic heterocycles. The number of ether oxygens (including phenoxy) is 2. The number of hydrogen-bond acceptors (Lipinski definition) is 5. The molecule has 1 atom stereocenters. The molecule has 0 aliphatic carbocycles. The summed E-state index contributed by atoms with van der Waals surface area (Å²) in [5.41, 5.74) is -0.191. The van der Waals surface area contributed by atoms with Crippen LogP contribution in [-0.2, 0) is 15.9 Å². The van der Waals surface area contributed by atoms with Crippen LogP contribution in [-0.4, -0.2) is 64.4 Å². The van der Waals surface area contributed by atoms with Gasteiger partial charge in [-0.3, -0.25) is 0 Å². The second kappa shape index (κ2) is 10.8. The number of rotatable bonds is 4. The Kier molecular flexibility index (Phi) is 8.06. The first-order chi connectivity index (χ1) is 16.3. The predicted molar refractivity (Wildman–Crippen MR) is 121 cm³/mol. The maximum absolute atomic E-state index is 14.9. The zero-order valence-electron chi connectivity index (χ0n) is 18.8. The van der Waals surface area contributed by atoms with Crippen molar-refractivity contribution < 1.29 is 33.0 Å². The molecule has 1 saturated heterocycles. The van der Waals surface area contributed by atoms with Crippen molar-refractivity contribution in [2.75, 3.05) is 26.8 Å². The van der Waals surface area contributed by atoms with Gasteiger partial charge in [0.2, 0.25) is 0 Å². The van der Waals surface area contributed by atoms with Crippen molar-refractivity contribution in [2.24, 2.45) is 0 Å². The van der Waals surface area contributed by atoms with E-state index in [4.69, 9.17) is 26.2 Å². The Balaban J connectivity index is 0.00000158. The summed E-state index contributed by atoms with van der Waals surface area (Å²) in [5.74, 6) is -3.56. The lowest BCUT2D eigenvalue weighted by molar-refractivity contribution is -0.0241. The highest BCUT2D eigenvalue weighted by atomic mass is 35.5. The fourth-order valence-electron chi connectivity index (χ4n) is 3.74. The molecular weight excluding hydrogens is 472 g/mol. The zero-order valence-corrected chi connectivity index (χ0v) is 19.6. The van der Waals surface area contributed by atoms with Crippen molar-refractivity contribution in [3.63, 3.8) is 0 Å². The first-order valence-corrected chi connectivity index (χ1v) is 11.0. The van der Waals surface area contributed by atoms with Crippen LogP contribution >= 0.6 is 11.6 Å². The van der Waals surface area contributed by atoms with E-state index < -0.39 is 40.9 Å². The lowest BCUT2D eigenvalue weighted by Gasteiger charge is -2.32. The van der Waals surface area contributed by atoms with Crippen LogP contribution in [0.3, 0.4) is 0 Å². The van der Waals surface area contributed by atoms with Gasteiger partial charge in [-0.15, -0.1) is 0 Å². The number of methoxy groups -OCH3 is 1. The standard InChI is InChI=1S/C21H18ClF2N3O5.C2H6/c1-31-21(30)26-4-5-32-13(10-26)9-16-19(25-17-8-12(22)2-3-27(16)17)18-14(23)6-11(20(28)29)7-15(18)24;1-2/h2-3,6-8,13H,4-5,9-10H2,1H3,(H,28,29);1-2H3. The molecule has 1 aliphatic heterocycles. The molecule has 182 valence electrons. The monoisotopic (exact) mass is 495 g/mol. The molecule has 3 heterocycles. The number of fused-ring (bicyclic) bond motifs is 1. The molecule has 4 rings (SSSR count). The Morgan fingerprint density at radius 3 is 2.56 bits per heavy atom. The molecule has 8 nitrogen and oxygen atoms in total. The van der Waals surface area contributed by atoms with Crippen molar-refractivity contribution in [1.29, 1.82) is 0 Å². The Morgan fingerprint density at radius 1 is 1.26 bits per heavy atom. The van der Waals surface area contributed by atoms with Crippen molar-refractivity contribution in [3.05, 3.63) is 58.4 Å². The number of benzene rings is 1. The van der Waals surface area contributed by atoms with Crippen LogP contribution in [0.2, 0.25) is 5.02 Å². The number of morpholine rings is 1. The van der Waals surface area contributed by atoms with Crippen LogP contribution in [0.15, 0.2) is 30.5 Å². The molecule has 1 aliphatic rings.